The normalized spacial score (nSPS) is 17.4. The number of ether oxygens (including phenoxy) is 1. The summed E-state index contributed by atoms with van der Waals surface area (Å²) in [6.45, 7) is 4.12. The third-order valence-corrected chi connectivity index (χ3v) is 4.08. The summed E-state index contributed by atoms with van der Waals surface area (Å²) < 4.78 is 10.6. The Labute approximate surface area is 128 Å². The molecule has 1 aliphatic carbocycles. The van der Waals surface area contributed by atoms with Crippen LogP contribution in [0.25, 0.3) is 0 Å². The zero-order chi connectivity index (χ0) is 15.7. The minimum Gasteiger partial charge on any atom is -0.469 e. The van der Waals surface area contributed by atoms with E-state index in [9.17, 15) is 9.59 Å². The number of H-pyrrole nitrogens is 1. The lowest BCUT2D eigenvalue weighted by Crippen LogP contribution is -2.18. The number of nitrogens with one attached hydrogen (secondary N) is 1. The molecule has 0 spiro atoms. The van der Waals surface area contributed by atoms with Gasteiger partial charge < -0.3 is 14.1 Å². The molecule has 1 unspecified atom stereocenters. The van der Waals surface area contributed by atoms with Crippen molar-refractivity contribution in [3.63, 3.8) is 0 Å². The second kappa shape index (κ2) is 5.83. The molecule has 0 aromatic carbocycles. The molecule has 0 bridgehead atoms. The summed E-state index contributed by atoms with van der Waals surface area (Å²) in [6, 6.07) is 3.71. The molecule has 2 aromatic rings. The summed E-state index contributed by atoms with van der Waals surface area (Å²) in [5, 5.41) is 0. The molecule has 1 aliphatic rings. The number of ketones is 1. The van der Waals surface area contributed by atoms with Crippen molar-refractivity contribution in [2.24, 2.45) is 0 Å². The predicted octanol–water partition coefficient (Wildman–Crippen LogP) is 3.40. The number of hydrogen-bond donors (Lipinski definition) is 1. The Balaban J connectivity index is 1.90. The monoisotopic (exact) mass is 301 g/mol. The van der Waals surface area contributed by atoms with Gasteiger partial charge in [-0.2, -0.15) is 0 Å². The number of fused-ring (bicyclic) bond motifs is 1. The lowest BCUT2D eigenvalue weighted by Gasteiger charge is -2.19. The average Bonchev–Trinajstić information content (AvgIpc) is 3.13. The van der Waals surface area contributed by atoms with Crippen molar-refractivity contribution in [3.8, 4) is 0 Å². The zero-order valence-electron chi connectivity index (χ0n) is 12.8. The van der Waals surface area contributed by atoms with Crippen molar-refractivity contribution < 1.29 is 18.7 Å². The van der Waals surface area contributed by atoms with Gasteiger partial charge in [-0.25, -0.2) is 4.79 Å². The van der Waals surface area contributed by atoms with Gasteiger partial charge in [0.05, 0.1) is 12.9 Å². The molecule has 3 rings (SSSR count). The van der Waals surface area contributed by atoms with E-state index in [2.05, 4.69) is 4.98 Å². The maximum Gasteiger partial charge on any atom is 0.355 e. The number of carbonyl (C=O) groups is 2. The minimum atomic E-state index is -0.393. The van der Waals surface area contributed by atoms with E-state index in [0.717, 1.165) is 17.9 Å². The van der Waals surface area contributed by atoms with Crippen LogP contribution in [0.15, 0.2) is 22.8 Å². The molecule has 2 aromatic heterocycles. The average molecular weight is 301 g/mol. The van der Waals surface area contributed by atoms with Gasteiger partial charge in [0.15, 0.2) is 5.78 Å². The number of Topliss-reactive ketones (excluding diaryl/α,β-unsaturated/α-hetero) is 1. The van der Waals surface area contributed by atoms with Gasteiger partial charge in [0.1, 0.15) is 11.5 Å². The highest BCUT2D eigenvalue weighted by Gasteiger charge is 2.33. The molecular formula is C17H19NO4. The lowest BCUT2D eigenvalue weighted by molar-refractivity contribution is 0.0498. The number of hydrogen-bond acceptors (Lipinski definition) is 4. The van der Waals surface area contributed by atoms with Crippen molar-refractivity contribution >= 4 is 11.8 Å². The van der Waals surface area contributed by atoms with Gasteiger partial charge in [0.2, 0.25) is 0 Å². The third kappa shape index (κ3) is 2.47. The third-order valence-electron chi connectivity index (χ3n) is 4.08. The Morgan fingerprint density at radius 1 is 1.45 bits per heavy atom. The molecule has 0 fully saturated rings. The summed E-state index contributed by atoms with van der Waals surface area (Å²) in [5.41, 5.74) is 2.54. The molecule has 5 nitrogen and oxygen atoms in total. The van der Waals surface area contributed by atoms with Crippen LogP contribution in [-0.2, 0) is 11.2 Å². The van der Waals surface area contributed by atoms with E-state index in [1.807, 2.05) is 19.1 Å². The summed E-state index contributed by atoms with van der Waals surface area (Å²) in [6.07, 6.45) is 3.45. The van der Waals surface area contributed by atoms with Gasteiger partial charge in [-0.15, -0.1) is 0 Å². The first-order valence-corrected chi connectivity index (χ1v) is 7.57. The van der Waals surface area contributed by atoms with Gasteiger partial charge in [0, 0.05) is 23.6 Å². The van der Waals surface area contributed by atoms with Crippen molar-refractivity contribution in [2.75, 3.05) is 6.61 Å². The summed E-state index contributed by atoms with van der Waals surface area (Å²) in [7, 11) is 0. The molecule has 0 aliphatic heterocycles. The van der Waals surface area contributed by atoms with Crippen LogP contribution in [0.4, 0.5) is 0 Å². The van der Waals surface area contributed by atoms with Gasteiger partial charge in [-0.3, -0.25) is 4.79 Å². The first kappa shape index (κ1) is 14.6. The molecule has 0 saturated carbocycles. The second-order valence-electron chi connectivity index (χ2n) is 5.66. The number of aromatic amines is 1. The molecular weight excluding hydrogens is 282 g/mol. The van der Waals surface area contributed by atoms with E-state index >= 15 is 0 Å². The largest absolute Gasteiger partial charge is 0.469 e. The standard InChI is InChI=1S/C17H19NO4/c1-3-6-22-17(20)16-10(2)15-12(18-16)8-11(9-13(15)19)14-5-4-7-21-14/h4-5,7,11,18H,3,6,8-9H2,1-2H3. The van der Waals surface area contributed by atoms with Crippen LogP contribution in [0.5, 0.6) is 0 Å². The second-order valence-corrected chi connectivity index (χ2v) is 5.66. The fraction of sp³-hybridized carbons (Fsp3) is 0.412. The Morgan fingerprint density at radius 3 is 2.95 bits per heavy atom. The van der Waals surface area contributed by atoms with Crippen LogP contribution in [0, 0.1) is 6.92 Å². The summed E-state index contributed by atoms with van der Waals surface area (Å²) >= 11 is 0. The van der Waals surface area contributed by atoms with Crippen molar-refractivity contribution in [1.29, 1.82) is 0 Å². The molecule has 22 heavy (non-hydrogen) atoms. The van der Waals surface area contributed by atoms with Gasteiger partial charge in [-0.1, -0.05) is 6.92 Å². The number of esters is 1. The Hall–Kier alpha value is -2.30. The van der Waals surface area contributed by atoms with Crippen LogP contribution in [-0.4, -0.2) is 23.3 Å². The van der Waals surface area contributed by atoms with Gasteiger partial charge >= 0.3 is 5.97 Å². The van der Waals surface area contributed by atoms with Crippen molar-refractivity contribution in [2.45, 2.75) is 39.0 Å². The van der Waals surface area contributed by atoms with Gasteiger partial charge in [0.25, 0.3) is 0 Å². The van der Waals surface area contributed by atoms with Crippen LogP contribution >= 0.6 is 0 Å². The van der Waals surface area contributed by atoms with E-state index in [1.54, 1.807) is 13.2 Å². The smallest absolute Gasteiger partial charge is 0.355 e. The highest BCUT2D eigenvalue weighted by atomic mass is 16.5. The molecule has 116 valence electrons. The summed E-state index contributed by atoms with van der Waals surface area (Å²) in [5.74, 6) is 0.482. The molecule has 2 heterocycles. The number of aromatic nitrogens is 1. The molecule has 0 amide bonds. The molecule has 5 heteroatoms. The van der Waals surface area contributed by atoms with Gasteiger partial charge in [-0.05, 0) is 37.5 Å². The Morgan fingerprint density at radius 2 is 2.27 bits per heavy atom. The molecule has 0 saturated heterocycles. The summed E-state index contributed by atoms with van der Waals surface area (Å²) in [4.78, 5) is 27.6. The maximum atomic E-state index is 12.4. The first-order chi connectivity index (χ1) is 10.6. The topological polar surface area (TPSA) is 72.3 Å². The fourth-order valence-electron chi connectivity index (χ4n) is 3.03. The van der Waals surface area contributed by atoms with Crippen molar-refractivity contribution in [1.82, 2.24) is 4.98 Å². The fourth-order valence-corrected chi connectivity index (χ4v) is 3.03. The number of rotatable bonds is 4. The highest BCUT2D eigenvalue weighted by molar-refractivity contribution is 6.03. The number of carbonyl (C=O) groups excluding carboxylic acids is 2. The van der Waals surface area contributed by atoms with Crippen LogP contribution in [0.3, 0.4) is 0 Å². The highest BCUT2D eigenvalue weighted by Crippen LogP contribution is 2.35. The van der Waals surface area contributed by atoms with Crippen LogP contribution in [0.1, 0.15) is 63.5 Å². The van der Waals surface area contributed by atoms with E-state index in [1.165, 1.54) is 0 Å². The van der Waals surface area contributed by atoms with Crippen molar-refractivity contribution in [3.05, 3.63) is 46.7 Å². The van der Waals surface area contributed by atoms with E-state index in [0.29, 0.717) is 36.3 Å². The van der Waals surface area contributed by atoms with E-state index in [-0.39, 0.29) is 11.7 Å². The SMILES string of the molecule is CCCOC(=O)c1[nH]c2c(c1C)C(=O)CC(c1ccco1)C2. The minimum absolute atomic E-state index is 0.0209. The van der Waals surface area contributed by atoms with Crippen LogP contribution in [0.2, 0.25) is 0 Å². The first-order valence-electron chi connectivity index (χ1n) is 7.57. The zero-order valence-corrected chi connectivity index (χ0v) is 12.8. The molecule has 0 radical (unpaired) electrons. The molecule has 1 atom stereocenters. The maximum absolute atomic E-state index is 12.4. The van der Waals surface area contributed by atoms with Crippen LogP contribution < -0.4 is 0 Å². The quantitative estimate of drug-likeness (QED) is 0.878. The Bertz CT molecular complexity index is 697. The molecule has 1 N–H and O–H groups in total. The van der Waals surface area contributed by atoms with E-state index < -0.39 is 5.97 Å². The Kier molecular flexibility index (Phi) is 3.88. The lowest BCUT2D eigenvalue weighted by atomic mass is 9.84. The predicted molar refractivity (Wildman–Crippen MR) is 80.2 cm³/mol. The van der Waals surface area contributed by atoms with E-state index in [4.69, 9.17) is 9.15 Å². The number of furan rings is 1.